The van der Waals surface area contributed by atoms with E-state index in [1.807, 2.05) is 0 Å². The molecule has 29 heavy (non-hydrogen) atoms. The van der Waals surface area contributed by atoms with Gasteiger partial charge in [0.25, 0.3) is 8.38 Å². The highest BCUT2D eigenvalue weighted by Crippen LogP contribution is 2.63. The van der Waals surface area contributed by atoms with Crippen molar-refractivity contribution in [2.75, 3.05) is 31.8 Å². The molecule has 5 nitrogen and oxygen atoms in total. The van der Waals surface area contributed by atoms with Gasteiger partial charge in [0, 0.05) is 32.7 Å². The van der Waals surface area contributed by atoms with Gasteiger partial charge in [-0.05, 0) is 53.9 Å². The fraction of sp³-hybridized carbons (Fsp3) is 0.556. The van der Waals surface area contributed by atoms with Crippen LogP contribution in [0.1, 0.15) is 30.7 Å². The molecule has 1 heterocycles. The second-order valence-corrected chi connectivity index (χ2v) is 10.9. The maximum atomic E-state index is 15.2. The number of rotatable bonds is 12. The molecule has 164 valence electrons. The summed E-state index contributed by atoms with van der Waals surface area (Å²) in [7, 11) is -3.38. The number of aliphatic hydroxyl groups excluding tert-OH is 1. The van der Waals surface area contributed by atoms with E-state index in [0.717, 1.165) is 11.3 Å². The Morgan fingerprint density at radius 2 is 1.93 bits per heavy atom. The van der Waals surface area contributed by atoms with Crippen LogP contribution in [0, 0.1) is 0 Å². The molecule has 0 bridgehead atoms. The standard InChI is InChI=1S/C18H24BrF2O5PS2/c1-4-25-27(26-5-2)18(20,21)17-15(19)13-9-12(11-22)10-14(16(13)28-17)24-7-6-8-29(3)23/h9-10,22H,4-8,11H2,1-3H3. The average molecular weight is 533 g/mol. The minimum absolute atomic E-state index is 0.117. The SMILES string of the molecule is CCOP(OCC)C(F)(F)c1sc2c(OCCCS(C)=O)cc(CO)cc2c1Br. The molecule has 1 unspecified atom stereocenters. The first-order chi connectivity index (χ1) is 13.8. The molecule has 0 saturated carbocycles. The number of hydrogen-bond acceptors (Lipinski definition) is 6. The smallest absolute Gasteiger partial charge is 0.349 e. The number of fused-ring (bicyclic) bond motifs is 1. The van der Waals surface area contributed by atoms with Crippen molar-refractivity contribution in [1.29, 1.82) is 0 Å². The molecule has 0 saturated heterocycles. The number of thiophene rings is 1. The van der Waals surface area contributed by atoms with E-state index in [1.54, 1.807) is 32.2 Å². The Balaban J connectivity index is 2.46. The molecule has 1 aromatic carbocycles. The van der Waals surface area contributed by atoms with E-state index in [0.29, 0.717) is 40.2 Å². The van der Waals surface area contributed by atoms with Crippen LogP contribution in [0.5, 0.6) is 5.75 Å². The first kappa shape index (κ1) is 25.0. The molecule has 0 aliphatic heterocycles. The number of halogens is 3. The molecule has 0 fully saturated rings. The molecule has 0 aliphatic rings. The highest BCUT2D eigenvalue weighted by atomic mass is 79.9. The van der Waals surface area contributed by atoms with Crippen molar-refractivity contribution in [3.05, 3.63) is 27.0 Å². The van der Waals surface area contributed by atoms with E-state index in [1.165, 1.54) is 0 Å². The third-order valence-corrected chi connectivity index (χ3v) is 8.82. The Bertz CT molecular complexity index is 843. The van der Waals surface area contributed by atoms with E-state index in [9.17, 15) is 9.32 Å². The topological polar surface area (TPSA) is 65.0 Å². The Morgan fingerprint density at radius 1 is 1.28 bits per heavy atom. The molecule has 0 spiro atoms. The maximum absolute atomic E-state index is 15.2. The molecule has 2 aromatic rings. The molecular weight excluding hydrogens is 509 g/mol. The van der Waals surface area contributed by atoms with Crippen molar-refractivity contribution in [2.24, 2.45) is 0 Å². The summed E-state index contributed by atoms with van der Waals surface area (Å²) in [5.74, 6) is 0.908. The van der Waals surface area contributed by atoms with Crippen LogP contribution in [0.15, 0.2) is 16.6 Å². The van der Waals surface area contributed by atoms with Gasteiger partial charge in [-0.15, -0.1) is 11.3 Å². The van der Waals surface area contributed by atoms with Crippen LogP contribution in [0.25, 0.3) is 10.1 Å². The van der Waals surface area contributed by atoms with Gasteiger partial charge in [-0.25, -0.2) is 0 Å². The summed E-state index contributed by atoms with van der Waals surface area (Å²) in [6, 6.07) is 3.30. The quantitative estimate of drug-likeness (QED) is 0.279. The van der Waals surface area contributed by atoms with Gasteiger partial charge in [-0.2, -0.15) is 8.78 Å². The molecule has 2 rings (SSSR count). The lowest BCUT2D eigenvalue weighted by molar-refractivity contribution is 0.0600. The highest BCUT2D eigenvalue weighted by Gasteiger charge is 2.48. The summed E-state index contributed by atoms with van der Waals surface area (Å²) in [6.45, 7) is 3.58. The molecule has 11 heteroatoms. The first-order valence-electron chi connectivity index (χ1n) is 8.99. The van der Waals surface area contributed by atoms with Crippen LogP contribution in [0.3, 0.4) is 0 Å². The lowest BCUT2D eigenvalue weighted by Gasteiger charge is -2.24. The summed E-state index contributed by atoms with van der Waals surface area (Å²) in [4.78, 5) is -0.199. The average Bonchev–Trinajstić information content (AvgIpc) is 3.02. The minimum atomic E-state index is -3.32. The molecule has 0 amide bonds. The van der Waals surface area contributed by atoms with Gasteiger partial charge in [0.2, 0.25) is 0 Å². The molecule has 1 aromatic heterocycles. The zero-order valence-corrected chi connectivity index (χ0v) is 20.5. The highest BCUT2D eigenvalue weighted by molar-refractivity contribution is 9.10. The Labute approximate surface area is 185 Å². The molecule has 1 atom stereocenters. The van der Waals surface area contributed by atoms with Crippen LogP contribution in [-0.2, 0) is 32.1 Å². The summed E-state index contributed by atoms with van der Waals surface area (Å²) in [5, 5.41) is 10.1. The van der Waals surface area contributed by atoms with Gasteiger partial charge in [0.05, 0.1) is 36.0 Å². The normalized spacial score (nSPS) is 13.4. The van der Waals surface area contributed by atoms with Crippen LogP contribution in [-0.4, -0.2) is 41.1 Å². The molecule has 1 N–H and O–H groups in total. The minimum Gasteiger partial charge on any atom is -0.492 e. The van der Waals surface area contributed by atoms with Crippen LogP contribution in [0.4, 0.5) is 8.78 Å². The predicted molar refractivity (Wildman–Crippen MR) is 119 cm³/mol. The van der Waals surface area contributed by atoms with Crippen molar-refractivity contribution in [3.63, 3.8) is 0 Å². The second-order valence-electron chi connectivity index (χ2n) is 5.99. The van der Waals surface area contributed by atoms with Gasteiger partial charge in [0.1, 0.15) is 5.75 Å². The van der Waals surface area contributed by atoms with Crippen molar-refractivity contribution in [1.82, 2.24) is 0 Å². The van der Waals surface area contributed by atoms with Crippen molar-refractivity contribution >= 4 is 56.5 Å². The Hall–Kier alpha value is -0.220. The number of alkyl halides is 2. The first-order valence-corrected chi connectivity index (χ1v) is 13.5. The van der Waals surface area contributed by atoms with Crippen LogP contribution < -0.4 is 4.74 Å². The number of aliphatic hydroxyl groups is 1. The number of benzene rings is 1. The summed E-state index contributed by atoms with van der Waals surface area (Å²) in [6.07, 6.45) is 2.19. The van der Waals surface area contributed by atoms with E-state index in [4.69, 9.17) is 13.8 Å². The van der Waals surface area contributed by atoms with E-state index >= 15 is 8.78 Å². The van der Waals surface area contributed by atoms with Gasteiger partial charge in [-0.1, -0.05) is 0 Å². The molecule has 0 radical (unpaired) electrons. The molecular formula is C18H24BrF2O5PS2. The lowest BCUT2D eigenvalue weighted by atomic mass is 10.1. The Morgan fingerprint density at radius 3 is 2.48 bits per heavy atom. The summed E-state index contributed by atoms with van der Waals surface area (Å²) >= 11 is 4.22. The van der Waals surface area contributed by atoms with Crippen molar-refractivity contribution < 1.29 is 31.9 Å². The Kier molecular flexibility index (Phi) is 9.86. The van der Waals surface area contributed by atoms with Crippen molar-refractivity contribution in [3.8, 4) is 5.75 Å². The van der Waals surface area contributed by atoms with Gasteiger partial charge in [0.15, 0.2) is 0 Å². The molecule has 0 aliphatic carbocycles. The predicted octanol–water partition coefficient (Wildman–Crippen LogP) is 5.74. The van der Waals surface area contributed by atoms with E-state index in [-0.39, 0.29) is 29.2 Å². The zero-order chi connectivity index (χ0) is 21.6. The fourth-order valence-corrected chi connectivity index (χ4v) is 6.69. The zero-order valence-electron chi connectivity index (χ0n) is 16.4. The second kappa shape index (κ2) is 11.4. The number of hydrogen-bond donors (Lipinski definition) is 1. The number of ether oxygens (including phenoxy) is 1. The third-order valence-electron chi connectivity index (χ3n) is 3.77. The monoisotopic (exact) mass is 532 g/mol. The summed E-state index contributed by atoms with van der Waals surface area (Å²) in [5.41, 5.74) is -2.77. The summed E-state index contributed by atoms with van der Waals surface area (Å²) < 4.78 is 58.7. The largest absolute Gasteiger partial charge is 0.492 e. The third kappa shape index (κ3) is 6.15. The lowest BCUT2D eigenvalue weighted by Crippen LogP contribution is -2.13. The van der Waals surface area contributed by atoms with Gasteiger partial charge in [-0.3, -0.25) is 4.21 Å². The van der Waals surface area contributed by atoms with E-state index in [2.05, 4.69) is 15.9 Å². The van der Waals surface area contributed by atoms with Crippen molar-refractivity contribution in [2.45, 2.75) is 32.5 Å². The van der Waals surface area contributed by atoms with Gasteiger partial charge >= 0.3 is 5.66 Å². The maximum Gasteiger partial charge on any atom is 0.349 e. The van der Waals surface area contributed by atoms with Crippen LogP contribution >= 0.6 is 35.6 Å². The van der Waals surface area contributed by atoms with E-state index < -0.39 is 24.8 Å². The van der Waals surface area contributed by atoms with Gasteiger partial charge < -0.3 is 18.9 Å². The fourth-order valence-electron chi connectivity index (χ4n) is 2.55. The van der Waals surface area contributed by atoms with Crippen LogP contribution in [0.2, 0.25) is 0 Å².